The highest BCUT2D eigenvalue weighted by Gasteiger charge is 2.14. The molecule has 0 heterocycles. The van der Waals surface area contributed by atoms with Gasteiger partial charge in [-0.2, -0.15) is 0 Å². The van der Waals surface area contributed by atoms with Crippen molar-refractivity contribution in [3.63, 3.8) is 0 Å². The minimum absolute atomic E-state index is 0. The molecule has 0 saturated heterocycles. The normalized spacial score (nSPS) is 9.63. The van der Waals surface area contributed by atoms with Crippen molar-refractivity contribution in [1.29, 1.82) is 0 Å². The Balaban J connectivity index is 0.00000324. The molecule has 1 rings (SSSR count). The highest BCUT2D eigenvalue weighted by atomic mass is 35.5. The molecule has 1 aromatic rings. The van der Waals surface area contributed by atoms with E-state index in [0.29, 0.717) is 12.4 Å². The number of hydrogen-bond donors (Lipinski definition) is 1. The zero-order valence-corrected chi connectivity index (χ0v) is 11.9. The minimum atomic E-state index is -0.597. The van der Waals surface area contributed by atoms with Gasteiger partial charge in [-0.3, -0.25) is 0 Å². The molecule has 6 heteroatoms. The van der Waals surface area contributed by atoms with Gasteiger partial charge in [-0.1, -0.05) is 0 Å². The van der Waals surface area contributed by atoms with Gasteiger partial charge >= 0.3 is 5.97 Å². The van der Waals surface area contributed by atoms with Crippen LogP contribution < -0.4 is 10.1 Å². The Morgan fingerprint density at radius 3 is 2.74 bits per heavy atom. The third kappa shape index (κ3) is 5.89. The van der Waals surface area contributed by atoms with Crippen LogP contribution in [0.3, 0.4) is 0 Å². The van der Waals surface area contributed by atoms with Crippen LogP contribution in [-0.2, 0) is 4.74 Å². The summed E-state index contributed by atoms with van der Waals surface area (Å²) in [5, 5.41) is 3.03. The molecule has 0 aliphatic carbocycles. The average Bonchev–Trinajstić information content (AvgIpc) is 2.39. The van der Waals surface area contributed by atoms with E-state index >= 15 is 0 Å². The average molecular weight is 292 g/mol. The maximum absolute atomic E-state index is 13.1. The van der Waals surface area contributed by atoms with E-state index in [1.54, 1.807) is 0 Å². The van der Waals surface area contributed by atoms with Gasteiger partial charge in [0.2, 0.25) is 0 Å². The molecule has 108 valence electrons. The molecule has 0 aliphatic rings. The largest absolute Gasteiger partial charge is 0.493 e. The Bertz CT molecular complexity index is 401. The topological polar surface area (TPSA) is 47.6 Å². The van der Waals surface area contributed by atoms with Gasteiger partial charge in [-0.05, 0) is 44.6 Å². The smallest absolute Gasteiger partial charge is 0.341 e. The van der Waals surface area contributed by atoms with Crippen LogP contribution in [-0.4, -0.2) is 33.3 Å². The number of benzene rings is 1. The molecule has 0 amide bonds. The first-order chi connectivity index (χ1) is 8.69. The number of halogens is 2. The van der Waals surface area contributed by atoms with E-state index in [1.807, 2.05) is 7.05 Å². The van der Waals surface area contributed by atoms with Gasteiger partial charge < -0.3 is 14.8 Å². The zero-order chi connectivity index (χ0) is 13.4. The molecular weight excluding hydrogens is 273 g/mol. The SMILES string of the molecule is CNCCCCOc1ccc(F)cc1C(=O)OC.Cl. The molecule has 4 nitrogen and oxygen atoms in total. The molecule has 0 spiro atoms. The van der Waals surface area contributed by atoms with Crippen molar-refractivity contribution in [2.45, 2.75) is 12.8 Å². The maximum Gasteiger partial charge on any atom is 0.341 e. The molecule has 19 heavy (non-hydrogen) atoms. The Morgan fingerprint density at radius 1 is 1.37 bits per heavy atom. The Hall–Kier alpha value is -1.33. The summed E-state index contributed by atoms with van der Waals surface area (Å²) in [6.45, 7) is 1.40. The van der Waals surface area contributed by atoms with Crippen LogP contribution in [0.5, 0.6) is 5.75 Å². The number of methoxy groups -OCH3 is 1. The van der Waals surface area contributed by atoms with Crippen molar-refractivity contribution < 1.29 is 18.7 Å². The monoisotopic (exact) mass is 291 g/mol. The summed E-state index contributed by atoms with van der Waals surface area (Å²) in [4.78, 5) is 11.4. The van der Waals surface area contributed by atoms with Gasteiger partial charge in [0.15, 0.2) is 0 Å². The van der Waals surface area contributed by atoms with Crippen LogP contribution in [0, 0.1) is 5.82 Å². The van der Waals surface area contributed by atoms with Gasteiger partial charge in [0, 0.05) is 0 Å². The number of ether oxygens (including phenoxy) is 2. The van der Waals surface area contributed by atoms with Gasteiger partial charge in [-0.25, -0.2) is 9.18 Å². The second-order valence-electron chi connectivity index (χ2n) is 3.79. The molecule has 0 fully saturated rings. The molecule has 0 bridgehead atoms. The third-order valence-electron chi connectivity index (χ3n) is 2.43. The summed E-state index contributed by atoms with van der Waals surface area (Å²) in [5.41, 5.74) is 0.117. The predicted molar refractivity (Wildman–Crippen MR) is 73.6 cm³/mol. The quantitative estimate of drug-likeness (QED) is 0.619. The lowest BCUT2D eigenvalue weighted by atomic mass is 10.2. The predicted octanol–water partition coefficient (Wildman–Crippen LogP) is 2.41. The number of carbonyl (C=O) groups is 1. The summed E-state index contributed by atoms with van der Waals surface area (Å²) in [6, 6.07) is 3.82. The lowest BCUT2D eigenvalue weighted by Crippen LogP contribution is -2.10. The second-order valence-corrected chi connectivity index (χ2v) is 3.79. The molecule has 1 aromatic carbocycles. The lowest BCUT2D eigenvalue weighted by Gasteiger charge is -2.10. The molecule has 1 N–H and O–H groups in total. The zero-order valence-electron chi connectivity index (χ0n) is 11.1. The van der Waals surface area contributed by atoms with E-state index < -0.39 is 11.8 Å². The Labute approximate surface area is 118 Å². The van der Waals surface area contributed by atoms with E-state index in [1.165, 1.54) is 19.2 Å². The number of esters is 1. The molecule has 0 atom stereocenters. The van der Waals surface area contributed by atoms with Gasteiger partial charge in [0.05, 0.1) is 13.7 Å². The van der Waals surface area contributed by atoms with Crippen molar-refractivity contribution in [1.82, 2.24) is 5.32 Å². The molecule has 0 aliphatic heterocycles. The molecule has 0 aromatic heterocycles. The van der Waals surface area contributed by atoms with Crippen LogP contribution in [0.1, 0.15) is 23.2 Å². The Kier molecular flexibility index (Phi) is 8.91. The third-order valence-corrected chi connectivity index (χ3v) is 2.43. The highest BCUT2D eigenvalue weighted by molar-refractivity contribution is 5.92. The van der Waals surface area contributed by atoms with E-state index in [2.05, 4.69) is 10.1 Å². The number of rotatable bonds is 7. The second kappa shape index (κ2) is 9.58. The van der Waals surface area contributed by atoms with Crippen molar-refractivity contribution in [2.75, 3.05) is 27.3 Å². The minimum Gasteiger partial charge on any atom is -0.493 e. The van der Waals surface area contributed by atoms with Crippen molar-refractivity contribution in [2.24, 2.45) is 0 Å². The van der Waals surface area contributed by atoms with E-state index in [-0.39, 0.29) is 18.0 Å². The summed E-state index contributed by atoms with van der Waals surface area (Å²) in [6.07, 6.45) is 1.84. The van der Waals surface area contributed by atoms with Crippen LogP contribution in [0.2, 0.25) is 0 Å². The maximum atomic E-state index is 13.1. The van der Waals surface area contributed by atoms with Crippen molar-refractivity contribution in [3.8, 4) is 5.75 Å². The van der Waals surface area contributed by atoms with Crippen LogP contribution >= 0.6 is 12.4 Å². The van der Waals surface area contributed by atoms with Gasteiger partial charge in [0.1, 0.15) is 17.1 Å². The molecular formula is C13H19ClFNO3. The molecule has 0 saturated carbocycles. The standard InChI is InChI=1S/C13H18FNO3.ClH/c1-15-7-3-4-8-18-12-6-5-10(14)9-11(12)13(16)17-2;/h5-6,9,15H,3-4,7-8H2,1-2H3;1H. The number of nitrogens with one attached hydrogen (secondary N) is 1. The van der Waals surface area contributed by atoms with E-state index in [0.717, 1.165) is 25.5 Å². The number of carbonyl (C=O) groups excluding carboxylic acids is 1. The fourth-order valence-electron chi connectivity index (χ4n) is 1.48. The lowest BCUT2D eigenvalue weighted by molar-refractivity contribution is 0.0595. The fourth-order valence-corrected chi connectivity index (χ4v) is 1.48. The van der Waals surface area contributed by atoms with Crippen LogP contribution in [0.25, 0.3) is 0 Å². The first-order valence-electron chi connectivity index (χ1n) is 5.84. The molecule has 0 unspecified atom stereocenters. The van der Waals surface area contributed by atoms with E-state index in [4.69, 9.17) is 4.74 Å². The fraction of sp³-hybridized carbons (Fsp3) is 0.462. The Morgan fingerprint density at radius 2 is 2.11 bits per heavy atom. The first-order valence-corrected chi connectivity index (χ1v) is 5.84. The van der Waals surface area contributed by atoms with Gasteiger partial charge in [0.25, 0.3) is 0 Å². The van der Waals surface area contributed by atoms with Crippen LogP contribution in [0.15, 0.2) is 18.2 Å². The summed E-state index contributed by atoms with van der Waals surface area (Å²) in [5.74, 6) is -0.731. The van der Waals surface area contributed by atoms with Crippen molar-refractivity contribution in [3.05, 3.63) is 29.6 Å². The summed E-state index contributed by atoms with van der Waals surface area (Å²) in [7, 11) is 3.14. The van der Waals surface area contributed by atoms with E-state index in [9.17, 15) is 9.18 Å². The van der Waals surface area contributed by atoms with Gasteiger partial charge in [-0.15, -0.1) is 12.4 Å². The molecule has 0 radical (unpaired) electrons. The summed E-state index contributed by atoms with van der Waals surface area (Å²) >= 11 is 0. The summed E-state index contributed by atoms with van der Waals surface area (Å²) < 4.78 is 23.1. The van der Waals surface area contributed by atoms with Crippen molar-refractivity contribution >= 4 is 18.4 Å². The number of unbranched alkanes of at least 4 members (excludes halogenated alkanes) is 1. The van der Waals surface area contributed by atoms with Crippen LogP contribution in [0.4, 0.5) is 4.39 Å². The first kappa shape index (κ1) is 17.7. The highest BCUT2D eigenvalue weighted by Crippen LogP contribution is 2.20. The number of hydrogen-bond acceptors (Lipinski definition) is 4.